The number of hydrogen-bond donors (Lipinski definition) is 1. The first-order valence-electron chi connectivity index (χ1n) is 8.31. The van der Waals surface area contributed by atoms with Crippen LogP contribution in [-0.2, 0) is 14.8 Å². The molecule has 128 valence electrons. The van der Waals surface area contributed by atoms with Crippen molar-refractivity contribution < 1.29 is 13.2 Å². The summed E-state index contributed by atoms with van der Waals surface area (Å²) in [5.41, 5.74) is 1.15. The Morgan fingerprint density at radius 3 is 2.52 bits per heavy atom. The standard InChI is InChI=1S/C17H26N2O3S/c1-3-14(2)15-7-9-16(10-8-15)23(21,22)18-11-5-13-19-12-4-6-17(19)20/h7-10,14,18H,3-6,11-13H2,1-2H3. The van der Waals surface area contributed by atoms with E-state index >= 15 is 0 Å². The highest BCUT2D eigenvalue weighted by Gasteiger charge is 2.19. The maximum Gasteiger partial charge on any atom is 0.240 e. The predicted octanol–water partition coefficient (Wildman–Crippen LogP) is 2.49. The minimum atomic E-state index is -3.47. The van der Waals surface area contributed by atoms with Crippen molar-refractivity contribution in [3.05, 3.63) is 29.8 Å². The minimum absolute atomic E-state index is 0.175. The number of likely N-dealkylation sites (tertiary alicyclic amines) is 1. The molecular weight excluding hydrogens is 312 g/mol. The molecule has 2 rings (SSSR count). The molecule has 0 spiro atoms. The number of benzene rings is 1. The third-order valence-corrected chi connectivity index (χ3v) is 5.92. The summed E-state index contributed by atoms with van der Waals surface area (Å²) in [5, 5.41) is 0. The molecule has 6 heteroatoms. The lowest BCUT2D eigenvalue weighted by Gasteiger charge is -2.15. The second-order valence-electron chi connectivity index (χ2n) is 6.11. The first-order chi connectivity index (χ1) is 10.9. The lowest BCUT2D eigenvalue weighted by Crippen LogP contribution is -2.30. The molecule has 0 saturated carbocycles. The SMILES string of the molecule is CCC(C)c1ccc(S(=O)(=O)NCCCN2CCCC2=O)cc1. The maximum absolute atomic E-state index is 12.3. The van der Waals surface area contributed by atoms with Crippen LogP contribution in [-0.4, -0.2) is 38.9 Å². The maximum atomic E-state index is 12.3. The van der Waals surface area contributed by atoms with Gasteiger partial charge in [0, 0.05) is 26.1 Å². The average Bonchev–Trinajstić information content (AvgIpc) is 2.96. The molecule has 1 aliphatic heterocycles. The van der Waals surface area contributed by atoms with Gasteiger partial charge in [0.1, 0.15) is 0 Å². The zero-order valence-corrected chi connectivity index (χ0v) is 14.7. The summed E-state index contributed by atoms with van der Waals surface area (Å²) in [4.78, 5) is 13.6. The van der Waals surface area contributed by atoms with E-state index in [1.807, 2.05) is 12.1 Å². The van der Waals surface area contributed by atoms with E-state index in [0.29, 0.717) is 36.7 Å². The Balaban J connectivity index is 1.85. The van der Waals surface area contributed by atoms with Crippen LogP contribution in [0.25, 0.3) is 0 Å². The summed E-state index contributed by atoms with van der Waals surface area (Å²) >= 11 is 0. The Labute approximate surface area is 139 Å². The van der Waals surface area contributed by atoms with Gasteiger partial charge in [0.2, 0.25) is 15.9 Å². The number of amides is 1. The lowest BCUT2D eigenvalue weighted by atomic mass is 9.99. The van der Waals surface area contributed by atoms with Gasteiger partial charge in [0.05, 0.1) is 4.90 Å². The average molecular weight is 338 g/mol. The van der Waals surface area contributed by atoms with E-state index in [-0.39, 0.29) is 5.91 Å². The fourth-order valence-corrected chi connectivity index (χ4v) is 3.79. The smallest absolute Gasteiger partial charge is 0.240 e. The van der Waals surface area contributed by atoms with Gasteiger partial charge < -0.3 is 4.90 Å². The highest BCUT2D eigenvalue weighted by molar-refractivity contribution is 7.89. The molecule has 1 aromatic rings. The third-order valence-electron chi connectivity index (χ3n) is 4.44. The van der Waals surface area contributed by atoms with Gasteiger partial charge in [-0.15, -0.1) is 0 Å². The molecule has 0 aliphatic carbocycles. The van der Waals surface area contributed by atoms with Crippen molar-refractivity contribution in [2.75, 3.05) is 19.6 Å². The molecule has 23 heavy (non-hydrogen) atoms. The van der Waals surface area contributed by atoms with Crippen LogP contribution in [0.15, 0.2) is 29.2 Å². The summed E-state index contributed by atoms with van der Waals surface area (Å²) in [6.45, 7) is 6.00. The van der Waals surface area contributed by atoms with Crippen LogP contribution >= 0.6 is 0 Å². The van der Waals surface area contributed by atoms with Crippen LogP contribution in [0.2, 0.25) is 0 Å². The fourth-order valence-electron chi connectivity index (χ4n) is 2.71. The normalized spacial score (nSPS) is 16.8. The summed E-state index contributed by atoms with van der Waals surface area (Å²) in [6.07, 6.45) is 3.19. The van der Waals surface area contributed by atoms with Crippen LogP contribution in [0.1, 0.15) is 51.0 Å². The van der Waals surface area contributed by atoms with E-state index in [4.69, 9.17) is 0 Å². The molecule has 1 amide bonds. The Bertz CT molecular complexity index is 626. The van der Waals surface area contributed by atoms with Crippen LogP contribution in [0, 0.1) is 0 Å². The van der Waals surface area contributed by atoms with E-state index in [0.717, 1.165) is 24.9 Å². The van der Waals surface area contributed by atoms with Gasteiger partial charge >= 0.3 is 0 Å². The van der Waals surface area contributed by atoms with Gasteiger partial charge in [-0.1, -0.05) is 26.0 Å². The van der Waals surface area contributed by atoms with E-state index in [1.54, 1.807) is 17.0 Å². The summed E-state index contributed by atoms with van der Waals surface area (Å²) < 4.78 is 27.1. The molecule has 1 aliphatic rings. The van der Waals surface area contributed by atoms with Crippen molar-refractivity contribution in [3.63, 3.8) is 0 Å². The summed E-state index contributed by atoms with van der Waals surface area (Å²) in [6, 6.07) is 7.08. The molecule has 1 unspecified atom stereocenters. The summed E-state index contributed by atoms with van der Waals surface area (Å²) in [5.74, 6) is 0.603. The number of nitrogens with one attached hydrogen (secondary N) is 1. The van der Waals surface area contributed by atoms with E-state index < -0.39 is 10.0 Å². The molecule has 1 aromatic carbocycles. The van der Waals surface area contributed by atoms with Crippen molar-refractivity contribution in [2.24, 2.45) is 0 Å². The lowest BCUT2D eigenvalue weighted by molar-refractivity contribution is -0.127. The van der Waals surface area contributed by atoms with Crippen LogP contribution in [0.3, 0.4) is 0 Å². The quantitative estimate of drug-likeness (QED) is 0.741. The van der Waals surface area contributed by atoms with Gasteiger partial charge in [-0.2, -0.15) is 0 Å². The molecule has 1 N–H and O–H groups in total. The highest BCUT2D eigenvalue weighted by atomic mass is 32.2. The van der Waals surface area contributed by atoms with Crippen molar-refractivity contribution in [3.8, 4) is 0 Å². The number of sulfonamides is 1. The number of nitrogens with zero attached hydrogens (tertiary/aromatic N) is 1. The predicted molar refractivity (Wildman–Crippen MR) is 90.8 cm³/mol. The van der Waals surface area contributed by atoms with E-state index in [1.165, 1.54) is 0 Å². The molecule has 0 radical (unpaired) electrons. The second kappa shape index (κ2) is 7.93. The van der Waals surface area contributed by atoms with E-state index in [2.05, 4.69) is 18.6 Å². The van der Waals surface area contributed by atoms with Crippen molar-refractivity contribution in [1.29, 1.82) is 0 Å². The minimum Gasteiger partial charge on any atom is -0.343 e. The first-order valence-corrected chi connectivity index (χ1v) is 9.79. The Morgan fingerprint density at radius 1 is 1.26 bits per heavy atom. The number of hydrogen-bond acceptors (Lipinski definition) is 3. The topological polar surface area (TPSA) is 66.5 Å². The third kappa shape index (κ3) is 4.78. The summed E-state index contributed by atoms with van der Waals surface area (Å²) in [7, 11) is -3.47. The molecule has 1 saturated heterocycles. The van der Waals surface area contributed by atoms with Crippen LogP contribution in [0.5, 0.6) is 0 Å². The zero-order chi connectivity index (χ0) is 16.9. The van der Waals surface area contributed by atoms with Gasteiger partial charge in [0.25, 0.3) is 0 Å². The molecule has 1 atom stereocenters. The van der Waals surface area contributed by atoms with Crippen LogP contribution in [0.4, 0.5) is 0 Å². The number of carbonyl (C=O) groups is 1. The van der Waals surface area contributed by atoms with Gasteiger partial charge in [-0.3, -0.25) is 4.79 Å². The zero-order valence-electron chi connectivity index (χ0n) is 13.9. The second-order valence-corrected chi connectivity index (χ2v) is 7.88. The molecular formula is C17H26N2O3S. The van der Waals surface area contributed by atoms with Gasteiger partial charge in [0.15, 0.2) is 0 Å². The fraction of sp³-hybridized carbons (Fsp3) is 0.588. The molecule has 1 fully saturated rings. The van der Waals surface area contributed by atoms with Crippen molar-refractivity contribution in [1.82, 2.24) is 9.62 Å². The first kappa shape index (κ1) is 17.9. The highest BCUT2D eigenvalue weighted by Crippen LogP contribution is 2.20. The Morgan fingerprint density at radius 2 is 1.96 bits per heavy atom. The van der Waals surface area contributed by atoms with Crippen molar-refractivity contribution in [2.45, 2.75) is 50.3 Å². The van der Waals surface area contributed by atoms with Crippen molar-refractivity contribution >= 4 is 15.9 Å². The largest absolute Gasteiger partial charge is 0.343 e. The van der Waals surface area contributed by atoms with Crippen LogP contribution < -0.4 is 4.72 Å². The Kier molecular flexibility index (Phi) is 6.18. The monoisotopic (exact) mass is 338 g/mol. The van der Waals surface area contributed by atoms with Gasteiger partial charge in [-0.25, -0.2) is 13.1 Å². The molecule has 0 aromatic heterocycles. The number of carbonyl (C=O) groups excluding carboxylic acids is 1. The van der Waals surface area contributed by atoms with E-state index in [9.17, 15) is 13.2 Å². The van der Waals surface area contributed by atoms with Gasteiger partial charge in [-0.05, 0) is 42.9 Å². The molecule has 5 nitrogen and oxygen atoms in total. The molecule has 0 bridgehead atoms. The Hall–Kier alpha value is -1.40. The number of rotatable bonds is 8. The molecule has 1 heterocycles.